The van der Waals surface area contributed by atoms with Gasteiger partial charge in [-0.05, 0) is 26.0 Å². The number of aromatic amines is 1. The van der Waals surface area contributed by atoms with Gasteiger partial charge in [0.2, 0.25) is 0 Å². The summed E-state index contributed by atoms with van der Waals surface area (Å²) in [5, 5.41) is 0. The summed E-state index contributed by atoms with van der Waals surface area (Å²) in [5.41, 5.74) is 1.13. The smallest absolute Gasteiger partial charge is 0.408 e. The summed E-state index contributed by atoms with van der Waals surface area (Å²) in [5.74, 6) is -0.578. The van der Waals surface area contributed by atoms with E-state index < -0.39 is 16.0 Å². The van der Waals surface area contributed by atoms with Crippen LogP contribution in [0.3, 0.4) is 0 Å². The van der Waals surface area contributed by atoms with Crippen LogP contribution in [0.5, 0.6) is 0 Å². The minimum Gasteiger partial charge on any atom is -0.408 e. The molecule has 0 radical (unpaired) electrons. The van der Waals surface area contributed by atoms with Crippen LogP contribution >= 0.6 is 0 Å². The predicted octanol–water partition coefficient (Wildman–Crippen LogP) is 0.776. The highest BCUT2D eigenvalue weighted by Gasteiger charge is 2.12. The van der Waals surface area contributed by atoms with Gasteiger partial charge < -0.3 is 4.42 Å². The topological polar surface area (TPSA) is 104 Å². The second-order valence-electron chi connectivity index (χ2n) is 4.10. The van der Waals surface area contributed by atoms with Gasteiger partial charge in [-0.2, -0.15) is 13.1 Å². The molecule has 0 saturated heterocycles. The van der Waals surface area contributed by atoms with E-state index in [0.29, 0.717) is 16.8 Å². The lowest BCUT2D eigenvalue weighted by Crippen LogP contribution is -2.35. The van der Waals surface area contributed by atoms with Crippen LogP contribution in [-0.4, -0.2) is 19.4 Å². The number of H-pyrrole nitrogens is 1. The molecule has 0 saturated carbocycles. The molecule has 7 nitrogen and oxygen atoms in total. The Morgan fingerprint density at radius 1 is 1.33 bits per heavy atom. The molecule has 0 aliphatic carbocycles. The molecule has 0 amide bonds. The number of fused-ring (bicyclic) bond motifs is 1. The maximum absolute atomic E-state index is 11.6. The van der Waals surface area contributed by atoms with Crippen molar-refractivity contribution in [3.8, 4) is 0 Å². The Morgan fingerprint density at radius 2 is 2.06 bits per heavy atom. The molecule has 18 heavy (non-hydrogen) atoms. The lowest BCUT2D eigenvalue weighted by molar-refractivity contribution is 0.555. The number of benzene rings is 1. The largest absolute Gasteiger partial charge is 0.417 e. The van der Waals surface area contributed by atoms with Crippen LogP contribution in [0.4, 0.5) is 5.69 Å². The van der Waals surface area contributed by atoms with Crippen molar-refractivity contribution in [3.05, 3.63) is 28.7 Å². The van der Waals surface area contributed by atoms with Crippen molar-refractivity contribution in [2.75, 3.05) is 4.72 Å². The second kappa shape index (κ2) is 4.46. The maximum Gasteiger partial charge on any atom is 0.417 e. The van der Waals surface area contributed by atoms with E-state index in [1.165, 1.54) is 12.1 Å². The number of hydrogen-bond acceptors (Lipinski definition) is 4. The van der Waals surface area contributed by atoms with E-state index in [-0.39, 0.29) is 6.04 Å². The zero-order chi connectivity index (χ0) is 13.3. The van der Waals surface area contributed by atoms with E-state index in [2.05, 4.69) is 14.4 Å². The summed E-state index contributed by atoms with van der Waals surface area (Å²) >= 11 is 0. The molecule has 2 rings (SSSR count). The highest BCUT2D eigenvalue weighted by Crippen LogP contribution is 2.16. The van der Waals surface area contributed by atoms with Gasteiger partial charge in [0.1, 0.15) is 0 Å². The first-order valence-electron chi connectivity index (χ1n) is 5.29. The van der Waals surface area contributed by atoms with E-state index in [1.54, 1.807) is 19.9 Å². The van der Waals surface area contributed by atoms with Gasteiger partial charge in [-0.3, -0.25) is 9.71 Å². The normalized spacial score (nSPS) is 12.2. The van der Waals surface area contributed by atoms with Crippen molar-refractivity contribution < 1.29 is 12.8 Å². The number of aromatic nitrogens is 1. The molecule has 98 valence electrons. The fourth-order valence-electron chi connectivity index (χ4n) is 1.50. The van der Waals surface area contributed by atoms with Crippen molar-refractivity contribution in [2.45, 2.75) is 19.9 Å². The van der Waals surface area contributed by atoms with Crippen molar-refractivity contribution in [1.29, 1.82) is 0 Å². The van der Waals surface area contributed by atoms with E-state index >= 15 is 0 Å². The highest BCUT2D eigenvalue weighted by atomic mass is 32.2. The molecule has 0 spiro atoms. The monoisotopic (exact) mass is 271 g/mol. The fourth-order valence-corrected chi connectivity index (χ4v) is 2.62. The lowest BCUT2D eigenvalue weighted by atomic mass is 10.3. The summed E-state index contributed by atoms with van der Waals surface area (Å²) in [6, 6.07) is 4.32. The molecular weight excluding hydrogens is 258 g/mol. The average molecular weight is 271 g/mol. The lowest BCUT2D eigenvalue weighted by Gasteiger charge is -2.11. The molecule has 0 aliphatic heterocycles. The molecule has 1 aromatic heterocycles. The molecule has 0 aliphatic rings. The van der Waals surface area contributed by atoms with Gasteiger partial charge in [0.15, 0.2) is 5.58 Å². The van der Waals surface area contributed by atoms with Crippen LogP contribution in [0.25, 0.3) is 11.1 Å². The Balaban J connectivity index is 2.29. The number of anilines is 1. The molecule has 1 heterocycles. The summed E-state index contributed by atoms with van der Waals surface area (Å²) in [6.45, 7) is 3.43. The van der Waals surface area contributed by atoms with Gasteiger partial charge in [0.25, 0.3) is 10.2 Å². The molecule has 0 atom stereocenters. The van der Waals surface area contributed by atoms with Gasteiger partial charge in [0, 0.05) is 12.1 Å². The number of nitrogens with one attached hydrogen (secondary N) is 3. The minimum absolute atomic E-state index is 0.212. The first-order valence-corrected chi connectivity index (χ1v) is 6.77. The Labute approximate surface area is 103 Å². The van der Waals surface area contributed by atoms with Gasteiger partial charge in [0.05, 0.1) is 11.2 Å². The van der Waals surface area contributed by atoms with Gasteiger partial charge in [-0.15, -0.1) is 0 Å². The van der Waals surface area contributed by atoms with E-state index in [1.807, 2.05) is 0 Å². The van der Waals surface area contributed by atoms with Gasteiger partial charge in [-0.25, -0.2) is 4.79 Å². The average Bonchev–Trinajstić information content (AvgIpc) is 2.54. The second-order valence-corrected chi connectivity index (χ2v) is 5.55. The van der Waals surface area contributed by atoms with Crippen molar-refractivity contribution >= 4 is 27.0 Å². The summed E-state index contributed by atoms with van der Waals surface area (Å²) in [4.78, 5) is 13.4. The van der Waals surface area contributed by atoms with Crippen LogP contribution in [-0.2, 0) is 10.2 Å². The Bertz CT molecular complexity index is 714. The number of rotatable bonds is 4. The number of oxazole rings is 1. The zero-order valence-electron chi connectivity index (χ0n) is 9.85. The molecule has 2 aromatic rings. The standard InChI is InChI=1S/C10H13N3O4S/c1-6(2)12-18(15,16)13-7-3-4-8-9(5-7)17-10(14)11-8/h3-6,12-13H,1-2H3,(H,11,14). The van der Waals surface area contributed by atoms with Crippen LogP contribution < -0.4 is 15.2 Å². The van der Waals surface area contributed by atoms with Crippen molar-refractivity contribution in [1.82, 2.24) is 9.71 Å². The van der Waals surface area contributed by atoms with Gasteiger partial charge in [-0.1, -0.05) is 0 Å². The number of hydrogen-bond donors (Lipinski definition) is 3. The summed E-state index contributed by atoms with van der Waals surface area (Å²) < 4.78 is 32.8. The van der Waals surface area contributed by atoms with E-state index in [0.717, 1.165) is 0 Å². The Kier molecular flexibility index (Phi) is 3.14. The first-order chi connectivity index (χ1) is 8.35. The third kappa shape index (κ3) is 2.90. The van der Waals surface area contributed by atoms with Crippen LogP contribution in [0, 0.1) is 0 Å². The van der Waals surface area contributed by atoms with Crippen molar-refractivity contribution in [2.24, 2.45) is 0 Å². The SMILES string of the molecule is CC(C)NS(=O)(=O)Nc1ccc2[nH]c(=O)oc2c1. The maximum atomic E-state index is 11.6. The third-order valence-corrected chi connectivity index (χ3v) is 3.35. The van der Waals surface area contributed by atoms with Crippen LogP contribution in [0.1, 0.15) is 13.8 Å². The van der Waals surface area contributed by atoms with Crippen LogP contribution in [0.2, 0.25) is 0 Å². The molecule has 3 N–H and O–H groups in total. The zero-order valence-corrected chi connectivity index (χ0v) is 10.7. The van der Waals surface area contributed by atoms with Crippen molar-refractivity contribution in [3.63, 3.8) is 0 Å². The Hall–Kier alpha value is -1.80. The molecule has 0 fully saturated rings. The first kappa shape index (κ1) is 12.7. The molecule has 0 unspecified atom stereocenters. The van der Waals surface area contributed by atoms with Gasteiger partial charge >= 0.3 is 5.76 Å². The molecule has 0 bridgehead atoms. The quantitative estimate of drug-likeness (QED) is 0.764. The molecule has 1 aromatic carbocycles. The summed E-state index contributed by atoms with van der Waals surface area (Å²) in [6.07, 6.45) is 0. The van der Waals surface area contributed by atoms with Crippen LogP contribution in [0.15, 0.2) is 27.4 Å². The Morgan fingerprint density at radius 3 is 2.72 bits per heavy atom. The van der Waals surface area contributed by atoms with E-state index in [9.17, 15) is 13.2 Å². The van der Waals surface area contributed by atoms with E-state index in [4.69, 9.17) is 4.42 Å². The summed E-state index contributed by atoms with van der Waals surface area (Å²) in [7, 11) is -3.63. The molecular formula is C10H13N3O4S. The predicted molar refractivity (Wildman–Crippen MR) is 67.6 cm³/mol. The third-order valence-electron chi connectivity index (χ3n) is 2.06. The highest BCUT2D eigenvalue weighted by molar-refractivity contribution is 7.90. The minimum atomic E-state index is -3.63. The molecule has 8 heteroatoms. The fraction of sp³-hybridized carbons (Fsp3) is 0.300.